The Hall–Kier alpha value is -1.07. The van der Waals surface area contributed by atoms with E-state index in [1.165, 1.54) is 11.3 Å². The molecule has 0 saturated carbocycles. The normalized spacial score (nSPS) is 17.6. The number of esters is 1. The lowest BCUT2D eigenvalue weighted by molar-refractivity contribution is -0.0384. The molecular weight excluding hydrogens is 238 g/mol. The molecular formula is C12H17NO3S. The van der Waals surface area contributed by atoms with Crippen LogP contribution in [-0.2, 0) is 22.5 Å². The van der Waals surface area contributed by atoms with E-state index >= 15 is 0 Å². The number of anilines is 1. The molecule has 2 heterocycles. The van der Waals surface area contributed by atoms with Crippen molar-refractivity contribution in [2.75, 3.05) is 12.3 Å². The average Bonchev–Trinajstić information content (AvgIpc) is 2.52. The van der Waals surface area contributed by atoms with Crippen LogP contribution in [0.15, 0.2) is 0 Å². The number of hydrogen-bond donors (Lipinski definition) is 1. The first-order valence-corrected chi connectivity index (χ1v) is 6.47. The summed E-state index contributed by atoms with van der Waals surface area (Å²) < 4.78 is 10.8. The van der Waals surface area contributed by atoms with Gasteiger partial charge in [0.2, 0.25) is 0 Å². The highest BCUT2D eigenvalue weighted by Gasteiger charge is 2.33. The third-order valence-corrected chi connectivity index (χ3v) is 3.83. The number of nitrogens with two attached hydrogens (primary N) is 1. The van der Waals surface area contributed by atoms with Gasteiger partial charge in [-0.1, -0.05) is 0 Å². The molecule has 0 fully saturated rings. The van der Waals surface area contributed by atoms with Gasteiger partial charge in [-0.25, -0.2) is 4.79 Å². The zero-order valence-electron chi connectivity index (χ0n) is 10.3. The van der Waals surface area contributed by atoms with Crippen molar-refractivity contribution in [2.24, 2.45) is 0 Å². The fourth-order valence-corrected chi connectivity index (χ4v) is 2.99. The SMILES string of the molecule is CCOC(=O)c1c(N)sc2c1CC(C)(C)OC2. The van der Waals surface area contributed by atoms with Crippen LogP contribution in [0.1, 0.15) is 41.6 Å². The third-order valence-electron chi connectivity index (χ3n) is 2.79. The van der Waals surface area contributed by atoms with Gasteiger partial charge in [0.05, 0.1) is 24.4 Å². The Morgan fingerprint density at radius 2 is 2.29 bits per heavy atom. The van der Waals surface area contributed by atoms with E-state index in [1.54, 1.807) is 6.92 Å². The van der Waals surface area contributed by atoms with Crippen LogP contribution >= 0.6 is 11.3 Å². The molecule has 0 unspecified atom stereocenters. The Kier molecular flexibility index (Phi) is 3.14. The first-order chi connectivity index (χ1) is 7.94. The molecule has 0 amide bonds. The Balaban J connectivity index is 2.40. The second-order valence-corrected chi connectivity index (χ2v) is 5.83. The lowest BCUT2D eigenvalue weighted by atomic mass is 9.93. The van der Waals surface area contributed by atoms with Gasteiger partial charge >= 0.3 is 5.97 Å². The van der Waals surface area contributed by atoms with E-state index in [4.69, 9.17) is 15.2 Å². The van der Waals surface area contributed by atoms with Gasteiger partial charge in [0.25, 0.3) is 0 Å². The highest BCUT2D eigenvalue weighted by Crippen LogP contribution is 2.39. The summed E-state index contributed by atoms with van der Waals surface area (Å²) in [5.41, 5.74) is 7.20. The zero-order valence-corrected chi connectivity index (χ0v) is 11.1. The molecule has 0 aliphatic carbocycles. The van der Waals surface area contributed by atoms with E-state index in [2.05, 4.69) is 0 Å². The Morgan fingerprint density at radius 3 is 2.94 bits per heavy atom. The van der Waals surface area contributed by atoms with E-state index in [0.717, 1.165) is 10.4 Å². The van der Waals surface area contributed by atoms with Crippen LogP contribution in [0.25, 0.3) is 0 Å². The van der Waals surface area contributed by atoms with Crippen molar-refractivity contribution >= 4 is 22.3 Å². The molecule has 94 valence electrons. The van der Waals surface area contributed by atoms with Gasteiger partial charge in [-0.15, -0.1) is 11.3 Å². The molecule has 4 nitrogen and oxygen atoms in total. The molecule has 0 spiro atoms. The van der Waals surface area contributed by atoms with Gasteiger partial charge in [-0.05, 0) is 26.3 Å². The maximum absolute atomic E-state index is 11.9. The quantitative estimate of drug-likeness (QED) is 0.824. The molecule has 0 atom stereocenters. The van der Waals surface area contributed by atoms with Crippen molar-refractivity contribution in [3.63, 3.8) is 0 Å². The molecule has 2 N–H and O–H groups in total. The molecule has 1 aromatic rings. The van der Waals surface area contributed by atoms with Gasteiger partial charge < -0.3 is 15.2 Å². The average molecular weight is 255 g/mol. The topological polar surface area (TPSA) is 61.5 Å². The fourth-order valence-electron chi connectivity index (χ4n) is 2.00. The third kappa shape index (κ3) is 2.30. The second kappa shape index (κ2) is 4.31. The standard InChI is InChI=1S/C12H17NO3S/c1-4-15-11(14)9-7-5-12(2,3)16-6-8(7)17-10(9)13/h4-6,13H2,1-3H3. The van der Waals surface area contributed by atoms with Crippen molar-refractivity contribution in [3.8, 4) is 0 Å². The summed E-state index contributed by atoms with van der Waals surface area (Å²) in [6, 6.07) is 0. The molecule has 0 radical (unpaired) electrons. The molecule has 1 aliphatic rings. The number of thiophene rings is 1. The summed E-state index contributed by atoms with van der Waals surface area (Å²) in [5, 5.41) is 0.537. The van der Waals surface area contributed by atoms with Crippen LogP contribution in [0.4, 0.5) is 5.00 Å². The van der Waals surface area contributed by atoms with E-state index < -0.39 is 0 Å². The summed E-state index contributed by atoms with van der Waals surface area (Å²) in [6.07, 6.45) is 0.699. The van der Waals surface area contributed by atoms with Crippen LogP contribution in [0.5, 0.6) is 0 Å². The van der Waals surface area contributed by atoms with Gasteiger partial charge in [-0.3, -0.25) is 0 Å². The minimum atomic E-state index is -0.319. The van der Waals surface area contributed by atoms with Crippen LogP contribution in [0, 0.1) is 0 Å². The van der Waals surface area contributed by atoms with Gasteiger partial charge in [0.1, 0.15) is 5.00 Å². The molecule has 1 aliphatic heterocycles. The number of ether oxygens (including phenoxy) is 2. The van der Waals surface area contributed by atoms with E-state index in [9.17, 15) is 4.79 Å². The van der Waals surface area contributed by atoms with Gasteiger partial charge in [0.15, 0.2) is 0 Å². The number of nitrogen functional groups attached to an aromatic ring is 1. The van der Waals surface area contributed by atoms with E-state index in [-0.39, 0.29) is 11.6 Å². The molecule has 1 aromatic heterocycles. The molecule has 2 rings (SSSR count). The van der Waals surface area contributed by atoms with Crippen molar-refractivity contribution in [1.82, 2.24) is 0 Å². The highest BCUT2D eigenvalue weighted by molar-refractivity contribution is 7.16. The van der Waals surface area contributed by atoms with Crippen molar-refractivity contribution in [2.45, 2.75) is 39.4 Å². The summed E-state index contributed by atoms with van der Waals surface area (Å²) in [7, 11) is 0. The lowest BCUT2D eigenvalue weighted by Gasteiger charge is -2.30. The zero-order chi connectivity index (χ0) is 12.6. The van der Waals surface area contributed by atoms with Crippen molar-refractivity contribution < 1.29 is 14.3 Å². The summed E-state index contributed by atoms with van der Waals surface area (Å²) in [5.74, 6) is -0.319. The van der Waals surface area contributed by atoms with Crippen molar-refractivity contribution in [1.29, 1.82) is 0 Å². The van der Waals surface area contributed by atoms with E-state index in [0.29, 0.717) is 30.2 Å². The maximum Gasteiger partial charge on any atom is 0.341 e. The monoisotopic (exact) mass is 255 g/mol. The minimum absolute atomic E-state index is 0.248. The molecule has 17 heavy (non-hydrogen) atoms. The Morgan fingerprint density at radius 1 is 1.59 bits per heavy atom. The molecule has 0 aromatic carbocycles. The van der Waals surface area contributed by atoms with E-state index in [1.807, 2.05) is 13.8 Å². The number of carbonyl (C=O) groups is 1. The van der Waals surface area contributed by atoms with Crippen LogP contribution in [-0.4, -0.2) is 18.2 Å². The maximum atomic E-state index is 11.9. The molecule has 0 bridgehead atoms. The first-order valence-electron chi connectivity index (χ1n) is 5.65. The minimum Gasteiger partial charge on any atom is -0.462 e. The number of fused-ring (bicyclic) bond motifs is 1. The molecule has 5 heteroatoms. The summed E-state index contributed by atoms with van der Waals surface area (Å²) in [4.78, 5) is 12.9. The highest BCUT2D eigenvalue weighted by atomic mass is 32.1. The predicted molar refractivity (Wildman–Crippen MR) is 67.3 cm³/mol. The Labute approximate surface area is 105 Å². The fraction of sp³-hybridized carbons (Fsp3) is 0.583. The predicted octanol–water partition coefficient (Wildman–Crippen LogP) is 2.36. The lowest BCUT2D eigenvalue weighted by Crippen LogP contribution is -2.32. The van der Waals surface area contributed by atoms with Crippen LogP contribution in [0.2, 0.25) is 0 Å². The van der Waals surface area contributed by atoms with Gasteiger partial charge in [-0.2, -0.15) is 0 Å². The smallest absolute Gasteiger partial charge is 0.341 e. The molecule has 0 saturated heterocycles. The Bertz CT molecular complexity index is 451. The largest absolute Gasteiger partial charge is 0.462 e. The number of hydrogen-bond acceptors (Lipinski definition) is 5. The summed E-state index contributed by atoms with van der Waals surface area (Å²) in [6.45, 7) is 6.71. The van der Waals surface area contributed by atoms with Crippen LogP contribution in [0.3, 0.4) is 0 Å². The first kappa shape index (κ1) is 12.4. The number of carbonyl (C=O) groups excluding carboxylic acids is 1. The van der Waals surface area contributed by atoms with Gasteiger partial charge in [0, 0.05) is 11.3 Å². The summed E-state index contributed by atoms with van der Waals surface area (Å²) >= 11 is 1.42. The van der Waals surface area contributed by atoms with Crippen molar-refractivity contribution in [3.05, 3.63) is 16.0 Å². The second-order valence-electron chi connectivity index (χ2n) is 4.69. The number of rotatable bonds is 2. The van der Waals surface area contributed by atoms with Crippen LogP contribution < -0.4 is 5.73 Å².